The van der Waals surface area contributed by atoms with Gasteiger partial charge < -0.3 is 30.8 Å². The molecule has 0 bridgehead atoms. The molecule has 4 aromatic rings. The van der Waals surface area contributed by atoms with Gasteiger partial charge in [-0.3, -0.25) is 4.79 Å². The fourth-order valence-electron chi connectivity index (χ4n) is 3.66. The highest BCUT2D eigenvalue weighted by atomic mass is 16.5. The van der Waals surface area contributed by atoms with Crippen molar-refractivity contribution in [2.45, 2.75) is 13.5 Å². The summed E-state index contributed by atoms with van der Waals surface area (Å²) in [6.45, 7) is 2.26. The maximum atomic E-state index is 11.8. The van der Waals surface area contributed by atoms with Gasteiger partial charge in [0.05, 0.1) is 24.4 Å². The van der Waals surface area contributed by atoms with Gasteiger partial charge in [0.1, 0.15) is 0 Å². The lowest BCUT2D eigenvalue weighted by molar-refractivity contribution is 0.100. The number of carbonyl (C=O) groups excluding carboxylic acids is 1. The third-order valence-electron chi connectivity index (χ3n) is 5.19. The number of aromatic amines is 1. The van der Waals surface area contributed by atoms with E-state index in [2.05, 4.69) is 20.3 Å². The summed E-state index contributed by atoms with van der Waals surface area (Å²) in [6.07, 6.45) is 1.58. The highest BCUT2D eigenvalue weighted by molar-refractivity contribution is 6.58. The van der Waals surface area contributed by atoms with Crippen LogP contribution in [-0.4, -0.2) is 45.1 Å². The molecular weight excluding hydrogens is 409 g/mol. The molecule has 0 radical (unpaired) electrons. The molecule has 4 rings (SSSR count). The van der Waals surface area contributed by atoms with Gasteiger partial charge in [-0.05, 0) is 24.0 Å². The monoisotopic (exact) mass is 431 g/mol. The SMILES string of the molecule is COc1cnc(-c2c(C)[nH]c3c(C(N)=O)cccc23)nc1NCc1cccc(B(O)O)c1. The largest absolute Gasteiger partial charge is 0.491 e. The number of H-pyrrole nitrogens is 1. The molecule has 0 spiro atoms. The average Bonchev–Trinajstić information content (AvgIpc) is 3.13. The second-order valence-corrected chi connectivity index (χ2v) is 7.30. The third-order valence-corrected chi connectivity index (χ3v) is 5.19. The Morgan fingerprint density at radius 1 is 1.25 bits per heavy atom. The summed E-state index contributed by atoms with van der Waals surface area (Å²) in [5, 5.41) is 22.8. The molecule has 2 heterocycles. The number of methoxy groups -OCH3 is 1. The lowest BCUT2D eigenvalue weighted by atomic mass is 9.80. The third kappa shape index (κ3) is 4.01. The molecule has 2 aromatic heterocycles. The van der Waals surface area contributed by atoms with E-state index in [1.54, 1.807) is 36.5 Å². The van der Waals surface area contributed by atoms with Crippen LogP contribution in [0, 0.1) is 6.92 Å². The Bertz CT molecular complexity index is 1300. The zero-order valence-electron chi connectivity index (χ0n) is 17.6. The van der Waals surface area contributed by atoms with Gasteiger partial charge in [-0.15, -0.1) is 0 Å². The van der Waals surface area contributed by atoms with Crippen molar-refractivity contribution in [2.24, 2.45) is 5.73 Å². The maximum absolute atomic E-state index is 11.8. The molecule has 0 unspecified atom stereocenters. The van der Waals surface area contributed by atoms with E-state index in [-0.39, 0.29) is 0 Å². The minimum absolute atomic E-state index is 0.381. The van der Waals surface area contributed by atoms with Crippen molar-refractivity contribution < 1.29 is 19.6 Å². The number of ether oxygens (including phenoxy) is 1. The number of fused-ring (bicyclic) bond motifs is 1. The normalized spacial score (nSPS) is 10.9. The molecule has 2 aromatic carbocycles. The summed E-state index contributed by atoms with van der Waals surface area (Å²) in [5.74, 6) is 0.879. The molecule has 0 atom stereocenters. The first-order valence-electron chi connectivity index (χ1n) is 9.90. The van der Waals surface area contributed by atoms with Crippen LogP contribution in [0.2, 0.25) is 0 Å². The van der Waals surface area contributed by atoms with Crippen LogP contribution in [-0.2, 0) is 6.54 Å². The van der Waals surface area contributed by atoms with Gasteiger partial charge in [-0.1, -0.05) is 36.4 Å². The number of amides is 1. The zero-order chi connectivity index (χ0) is 22.8. The molecule has 0 fully saturated rings. The van der Waals surface area contributed by atoms with E-state index in [4.69, 9.17) is 10.5 Å². The van der Waals surface area contributed by atoms with Gasteiger partial charge >= 0.3 is 7.12 Å². The van der Waals surface area contributed by atoms with Crippen molar-refractivity contribution in [2.75, 3.05) is 12.4 Å². The number of aryl methyl sites for hydroxylation is 1. The molecule has 1 amide bonds. The first-order valence-corrected chi connectivity index (χ1v) is 9.90. The molecule has 32 heavy (non-hydrogen) atoms. The van der Waals surface area contributed by atoms with Crippen LogP contribution in [0.4, 0.5) is 5.82 Å². The van der Waals surface area contributed by atoms with E-state index in [9.17, 15) is 14.8 Å². The molecule has 9 nitrogen and oxygen atoms in total. The van der Waals surface area contributed by atoms with Gasteiger partial charge in [0.25, 0.3) is 5.91 Å². The van der Waals surface area contributed by atoms with Crippen molar-refractivity contribution >= 4 is 35.2 Å². The lowest BCUT2D eigenvalue weighted by Gasteiger charge is -2.12. The van der Waals surface area contributed by atoms with Gasteiger partial charge in [0.2, 0.25) is 0 Å². The number of primary amides is 1. The van der Waals surface area contributed by atoms with E-state index in [1.807, 2.05) is 19.1 Å². The number of para-hydroxylation sites is 1. The smallest absolute Gasteiger partial charge is 0.488 e. The van der Waals surface area contributed by atoms with Crippen LogP contribution >= 0.6 is 0 Å². The number of rotatable bonds is 7. The first-order chi connectivity index (χ1) is 15.4. The Balaban J connectivity index is 1.72. The molecule has 162 valence electrons. The number of hydrogen-bond acceptors (Lipinski definition) is 7. The van der Waals surface area contributed by atoms with Crippen molar-refractivity contribution in [1.29, 1.82) is 0 Å². The number of nitrogens with two attached hydrogens (primary N) is 1. The predicted molar refractivity (Wildman–Crippen MR) is 123 cm³/mol. The Hall–Kier alpha value is -3.89. The van der Waals surface area contributed by atoms with E-state index >= 15 is 0 Å². The number of aromatic nitrogens is 3. The number of nitrogens with zero attached hydrogens (tertiary/aromatic N) is 2. The fraction of sp³-hybridized carbons (Fsp3) is 0.136. The average molecular weight is 431 g/mol. The number of hydrogen-bond donors (Lipinski definition) is 5. The molecule has 0 aliphatic carbocycles. The highest BCUT2D eigenvalue weighted by Gasteiger charge is 2.19. The van der Waals surface area contributed by atoms with Crippen molar-refractivity contribution in [3.63, 3.8) is 0 Å². The fourth-order valence-corrected chi connectivity index (χ4v) is 3.66. The Kier molecular flexibility index (Phi) is 5.80. The van der Waals surface area contributed by atoms with E-state index in [1.165, 1.54) is 7.11 Å². The number of anilines is 1. The second-order valence-electron chi connectivity index (χ2n) is 7.30. The predicted octanol–water partition coefficient (Wildman–Crippen LogP) is 1.33. The summed E-state index contributed by atoms with van der Waals surface area (Å²) in [5.41, 5.74) is 9.36. The quantitative estimate of drug-likeness (QED) is 0.278. The molecule has 0 saturated heterocycles. The van der Waals surface area contributed by atoms with Gasteiger partial charge in [-0.2, -0.15) is 0 Å². The van der Waals surface area contributed by atoms with Crippen molar-refractivity contribution in [3.05, 3.63) is 65.5 Å². The minimum Gasteiger partial charge on any atom is -0.491 e. The second kappa shape index (κ2) is 8.70. The molecule has 0 saturated carbocycles. The van der Waals surface area contributed by atoms with Gasteiger partial charge in [0.15, 0.2) is 17.4 Å². The van der Waals surface area contributed by atoms with Crippen LogP contribution in [0.5, 0.6) is 5.75 Å². The topological polar surface area (TPSA) is 146 Å². The zero-order valence-corrected chi connectivity index (χ0v) is 17.6. The lowest BCUT2D eigenvalue weighted by Crippen LogP contribution is -2.30. The summed E-state index contributed by atoms with van der Waals surface area (Å²) in [7, 11) is -0.00665. The number of nitrogens with one attached hydrogen (secondary N) is 2. The van der Waals surface area contributed by atoms with Crippen LogP contribution < -0.4 is 21.3 Å². The summed E-state index contributed by atoms with van der Waals surface area (Å²) < 4.78 is 5.40. The number of benzene rings is 2. The van der Waals surface area contributed by atoms with E-state index in [0.717, 1.165) is 22.2 Å². The molecular formula is C22H22BN5O4. The van der Waals surface area contributed by atoms with Gasteiger partial charge in [-0.25, -0.2) is 9.97 Å². The molecule has 0 aliphatic heterocycles. The van der Waals surface area contributed by atoms with Crippen LogP contribution in [0.25, 0.3) is 22.3 Å². The minimum atomic E-state index is -1.54. The standard InChI is InChI=1S/C22H22BN5O4/c1-12-18(15-7-4-8-16(20(24)29)19(15)27-12)22-26-11-17(32-2)21(28-22)25-10-13-5-3-6-14(9-13)23(30)31/h3-9,11,27,30-31H,10H2,1-2H3,(H2,24,29)(H,25,26,28). The van der Waals surface area contributed by atoms with Crippen LogP contribution in [0.3, 0.4) is 0 Å². The van der Waals surface area contributed by atoms with Crippen molar-refractivity contribution in [1.82, 2.24) is 15.0 Å². The maximum Gasteiger partial charge on any atom is 0.488 e. The summed E-state index contributed by atoms with van der Waals surface area (Å²) in [6, 6.07) is 12.3. The van der Waals surface area contributed by atoms with Crippen LogP contribution in [0.1, 0.15) is 21.6 Å². The Morgan fingerprint density at radius 2 is 2.03 bits per heavy atom. The van der Waals surface area contributed by atoms with Gasteiger partial charge in [0, 0.05) is 23.2 Å². The first kappa shape index (κ1) is 21.4. The Labute approximate surface area is 184 Å². The van der Waals surface area contributed by atoms with Crippen molar-refractivity contribution in [3.8, 4) is 17.1 Å². The van der Waals surface area contributed by atoms with Crippen LogP contribution in [0.15, 0.2) is 48.7 Å². The Morgan fingerprint density at radius 3 is 2.75 bits per heavy atom. The summed E-state index contributed by atoms with van der Waals surface area (Å²) in [4.78, 5) is 24.1. The van der Waals surface area contributed by atoms with E-state index < -0.39 is 13.0 Å². The van der Waals surface area contributed by atoms with E-state index in [0.29, 0.717) is 40.5 Å². The highest BCUT2D eigenvalue weighted by Crippen LogP contribution is 2.33. The number of carbonyl (C=O) groups is 1. The molecule has 6 N–H and O–H groups in total. The summed E-state index contributed by atoms with van der Waals surface area (Å²) >= 11 is 0. The molecule has 0 aliphatic rings. The molecule has 10 heteroatoms.